The number of carbonyl (C=O) groups excluding carboxylic acids is 2. The van der Waals surface area contributed by atoms with Gasteiger partial charge in [-0.1, -0.05) is 48.5 Å². The van der Waals surface area contributed by atoms with E-state index >= 15 is 0 Å². The van der Waals surface area contributed by atoms with Gasteiger partial charge in [0, 0.05) is 5.69 Å². The lowest BCUT2D eigenvalue weighted by atomic mass is 10.1. The molecule has 4 rings (SSSR count). The highest BCUT2D eigenvalue weighted by atomic mass is 32.2. The summed E-state index contributed by atoms with van der Waals surface area (Å²) in [6.07, 6.45) is 0. The van der Waals surface area contributed by atoms with Crippen LogP contribution < -0.4 is 14.4 Å². The van der Waals surface area contributed by atoms with Crippen LogP contribution in [0.15, 0.2) is 102 Å². The zero-order valence-electron chi connectivity index (χ0n) is 21.7. The molecule has 39 heavy (non-hydrogen) atoms. The van der Waals surface area contributed by atoms with Gasteiger partial charge in [-0.15, -0.1) is 0 Å². The van der Waals surface area contributed by atoms with E-state index in [0.717, 1.165) is 5.56 Å². The quantitative estimate of drug-likeness (QED) is 0.282. The molecule has 0 aromatic heterocycles. The van der Waals surface area contributed by atoms with Crippen molar-refractivity contribution in [3.8, 4) is 5.75 Å². The maximum Gasteiger partial charge on any atom is 0.338 e. The molecule has 0 unspecified atom stereocenters. The molecule has 0 fully saturated rings. The highest BCUT2D eigenvalue weighted by Crippen LogP contribution is 2.31. The van der Waals surface area contributed by atoms with E-state index in [0.29, 0.717) is 22.6 Å². The van der Waals surface area contributed by atoms with Crippen molar-refractivity contribution in [2.75, 3.05) is 23.8 Å². The van der Waals surface area contributed by atoms with Crippen LogP contribution in [-0.2, 0) is 21.3 Å². The van der Waals surface area contributed by atoms with Crippen molar-refractivity contribution in [2.45, 2.75) is 18.4 Å². The molecule has 0 atom stereocenters. The van der Waals surface area contributed by atoms with Gasteiger partial charge in [-0.25, -0.2) is 13.2 Å². The third kappa shape index (κ3) is 5.94. The Bertz CT molecular complexity index is 1590. The van der Waals surface area contributed by atoms with Crippen molar-refractivity contribution >= 4 is 33.3 Å². The van der Waals surface area contributed by atoms with Crippen molar-refractivity contribution in [3.05, 3.63) is 119 Å². The van der Waals surface area contributed by atoms with Crippen LogP contribution in [0.2, 0.25) is 0 Å². The number of anilines is 2. The third-order valence-corrected chi connectivity index (χ3v) is 8.00. The predicted octanol–water partition coefficient (Wildman–Crippen LogP) is 5.44. The minimum atomic E-state index is -4.10. The summed E-state index contributed by atoms with van der Waals surface area (Å²) in [5.74, 6) is -0.532. The molecule has 0 heterocycles. The van der Waals surface area contributed by atoms with Crippen LogP contribution in [0.4, 0.5) is 11.4 Å². The molecule has 0 aliphatic carbocycles. The number of benzene rings is 4. The summed E-state index contributed by atoms with van der Waals surface area (Å²) < 4.78 is 39.2. The summed E-state index contributed by atoms with van der Waals surface area (Å²) in [4.78, 5) is 25.8. The second-order valence-electron chi connectivity index (χ2n) is 8.61. The molecule has 0 aliphatic heterocycles. The fourth-order valence-electron chi connectivity index (χ4n) is 4.10. The van der Waals surface area contributed by atoms with E-state index in [1.807, 2.05) is 30.3 Å². The minimum absolute atomic E-state index is 0.00362. The molecular weight excluding hydrogens is 516 g/mol. The number of para-hydroxylation sites is 1. The molecule has 4 aromatic carbocycles. The Labute approximate surface area is 227 Å². The topological polar surface area (TPSA) is 102 Å². The number of carbonyl (C=O) groups is 2. The second kappa shape index (κ2) is 11.8. The van der Waals surface area contributed by atoms with Crippen molar-refractivity contribution in [2.24, 2.45) is 0 Å². The molecule has 0 saturated carbocycles. The minimum Gasteiger partial charge on any atom is -0.497 e. The first-order valence-electron chi connectivity index (χ1n) is 12.0. The third-order valence-electron chi connectivity index (χ3n) is 6.22. The Morgan fingerprint density at radius 1 is 0.795 bits per heavy atom. The molecule has 9 heteroatoms. The molecule has 0 saturated heterocycles. The van der Waals surface area contributed by atoms with Crippen molar-refractivity contribution < 1.29 is 27.5 Å². The van der Waals surface area contributed by atoms with E-state index in [1.165, 1.54) is 30.7 Å². The Hall–Kier alpha value is -4.63. The molecule has 1 amide bonds. The molecular formula is C30H28N2O6S. The zero-order chi connectivity index (χ0) is 28.0. The Kier molecular flexibility index (Phi) is 8.31. The zero-order valence-corrected chi connectivity index (χ0v) is 22.6. The van der Waals surface area contributed by atoms with E-state index in [4.69, 9.17) is 9.47 Å². The van der Waals surface area contributed by atoms with Gasteiger partial charge in [0.05, 0.1) is 42.5 Å². The number of hydrogen-bond acceptors (Lipinski definition) is 6. The monoisotopic (exact) mass is 544 g/mol. The first-order valence-corrected chi connectivity index (χ1v) is 13.5. The first-order chi connectivity index (χ1) is 18.8. The van der Waals surface area contributed by atoms with Crippen LogP contribution in [0.1, 0.15) is 31.8 Å². The lowest BCUT2D eigenvalue weighted by Gasteiger charge is -2.27. The van der Waals surface area contributed by atoms with Crippen LogP contribution in [0.5, 0.6) is 5.75 Å². The summed E-state index contributed by atoms with van der Waals surface area (Å²) in [7, 11) is -1.31. The van der Waals surface area contributed by atoms with E-state index in [-0.39, 0.29) is 22.7 Å². The van der Waals surface area contributed by atoms with Crippen LogP contribution in [-0.4, -0.2) is 34.5 Å². The van der Waals surface area contributed by atoms with E-state index in [2.05, 4.69) is 5.32 Å². The molecule has 0 aliphatic rings. The number of nitrogens with zero attached hydrogens (tertiary/aromatic N) is 1. The van der Waals surface area contributed by atoms with Crippen LogP contribution in [0, 0.1) is 6.92 Å². The van der Waals surface area contributed by atoms with Crippen LogP contribution >= 0.6 is 0 Å². The van der Waals surface area contributed by atoms with Gasteiger partial charge in [0.2, 0.25) is 0 Å². The van der Waals surface area contributed by atoms with Gasteiger partial charge in [0.1, 0.15) is 5.75 Å². The first kappa shape index (κ1) is 27.4. The Morgan fingerprint density at radius 2 is 1.44 bits per heavy atom. The summed E-state index contributed by atoms with van der Waals surface area (Å²) in [6.45, 7) is 1.69. The lowest BCUT2D eigenvalue weighted by molar-refractivity contribution is 0.0599. The number of nitrogens with one attached hydrogen (secondary N) is 1. The maximum atomic E-state index is 14.0. The van der Waals surface area contributed by atoms with Gasteiger partial charge in [-0.3, -0.25) is 9.10 Å². The summed E-state index contributed by atoms with van der Waals surface area (Å²) in [5, 5.41) is 2.83. The molecule has 1 N–H and O–H groups in total. The standard InChI is InChI=1S/C30H28N2O6S/c1-21-25(30(34)38-3)13-9-14-27(21)31-29(33)26-12-7-8-15-28(26)32(20-22-10-5-4-6-11-22)39(35,36)24-18-16-23(37-2)17-19-24/h4-19H,20H2,1-3H3,(H,31,33). The number of esters is 1. The number of amides is 1. The van der Waals surface area contributed by atoms with E-state index in [1.54, 1.807) is 61.5 Å². The van der Waals surface area contributed by atoms with Crippen LogP contribution in [0.25, 0.3) is 0 Å². The summed E-state index contributed by atoms with van der Waals surface area (Å²) in [5.41, 5.74) is 2.35. The fraction of sp³-hybridized carbons (Fsp3) is 0.133. The van der Waals surface area contributed by atoms with E-state index in [9.17, 15) is 18.0 Å². The highest BCUT2D eigenvalue weighted by molar-refractivity contribution is 7.92. The molecule has 200 valence electrons. The normalized spacial score (nSPS) is 10.9. The lowest BCUT2D eigenvalue weighted by Crippen LogP contribution is -2.32. The van der Waals surface area contributed by atoms with Gasteiger partial charge in [-0.2, -0.15) is 0 Å². The Balaban J connectivity index is 1.78. The smallest absolute Gasteiger partial charge is 0.338 e. The number of rotatable bonds is 9. The average Bonchev–Trinajstić information content (AvgIpc) is 2.97. The molecule has 0 bridgehead atoms. The van der Waals surface area contributed by atoms with Gasteiger partial charge in [0.25, 0.3) is 15.9 Å². The SMILES string of the molecule is COC(=O)c1cccc(NC(=O)c2ccccc2N(Cc2ccccc2)S(=O)(=O)c2ccc(OC)cc2)c1C. The number of ether oxygens (including phenoxy) is 2. The number of hydrogen-bond donors (Lipinski definition) is 1. The number of methoxy groups -OCH3 is 2. The molecule has 0 spiro atoms. The van der Waals surface area contributed by atoms with E-state index < -0.39 is 21.9 Å². The van der Waals surface area contributed by atoms with Gasteiger partial charge < -0.3 is 14.8 Å². The van der Waals surface area contributed by atoms with Crippen molar-refractivity contribution in [1.29, 1.82) is 0 Å². The molecule has 4 aromatic rings. The maximum absolute atomic E-state index is 14.0. The van der Waals surface area contributed by atoms with Crippen molar-refractivity contribution in [3.63, 3.8) is 0 Å². The van der Waals surface area contributed by atoms with Crippen LogP contribution in [0.3, 0.4) is 0 Å². The van der Waals surface area contributed by atoms with Gasteiger partial charge in [0.15, 0.2) is 0 Å². The van der Waals surface area contributed by atoms with Gasteiger partial charge >= 0.3 is 5.97 Å². The summed E-state index contributed by atoms with van der Waals surface area (Å²) >= 11 is 0. The predicted molar refractivity (Wildman–Crippen MR) is 150 cm³/mol. The summed E-state index contributed by atoms with van der Waals surface area (Å²) in [6, 6.07) is 26.6. The number of sulfonamides is 1. The molecule has 8 nitrogen and oxygen atoms in total. The largest absolute Gasteiger partial charge is 0.497 e. The average molecular weight is 545 g/mol. The van der Waals surface area contributed by atoms with Crippen molar-refractivity contribution in [1.82, 2.24) is 0 Å². The highest BCUT2D eigenvalue weighted by Gasteiger charge is 2.29. The van der Waals surface area contributed by atoms with Gasteiger partial charge in [-0.05, 0) is 66.6 Å². The molecule has 0 radical (unpaired) electrons. The second-order valence-corrected chi connectivity index (χ2v) is 10.5. The Morgan fingerprint density at radius 3 is 2.10 bits per heavy atom. The fourth-order valence-corrected chi connectivity index (χ4v) is 5.57.